The fourth-order valence-electron chi connectivity index (χ4n) is 2.42. The number of rotatable bonds is 6. The average molecular weight is 385 g/mol. The maximum atomic E-state index is 12.1. The minimum atomic E-state index is -0.575. The lowest BCUT2D eigenvalue weighted by molar-refractivity contribution is -0.124. The molecule has 138 valence electrons. The number of nitrogens with one attached hydrogen (secondary N) is 1. The number of aromatic nitrogens is 3. The molecule has 27 heavy (non-hydrogen) atoms. The number of nitrogens with zero attached hydrogens (tertiary/aromatic N) is 3. The van der Waals surface area contributed by atoms with Crippen molar-refractivity contribution in [3.05, 3.63) is 77.3 Å². The van der Waals surface area contributed by atoms with Crippen LogP contribution in [0.3, 0.4) is 0 Å². The van der Waals surface area contributed by atoms with Gasteiger partial charge in [0.25, 0.3) is 5.91 Å². The number of halogens is 1. The first kappa shape index (κ1) is 18.6. The zero-order valence-electron chi connectivity index (χ0n) is 14.5. The fourth-order valence-corrected chi connectivity index (χ4v) is 2.55. The third kappa shape index (κ3) is 4.92. The zero-order chi connectivity index (χ0) is 19.2. The lowest BCUT2D eigenvalue weighted by atomic mass is 10.1. The van der Waals surface area contributed by atoms with Crippen molar-refractivity contribution < 1.29 is 14.3 Å². The van der Waals surface area contributed by atoms with Crippen LogP contribution in [-0.4, -0.2) is 33.2 Å². The van der Waals surface area contributed by atoms with Gasteiger partial charge in [-0.1, -0.05) is 23.7 Å². The van der Waals surface area contributed by atoms with Crippen LogP contribution in [0.2, 0.25) is 5.02 Å². The van der Waals surface area contributed by atoms with E-state index in [0.29, 0.717) is 10.6 Å². The van der Waals surface area contributed by atoms with Crippen molar-refractivity contribution in [1.29, 1.82) is 0 Å². The van der Waals surface area contributed by atoms with E-state index in [1.807, 2.05) is 19.1 Å². The van der Waals surface area contributed by atoms with Crippen molar-refractivity contribution in [2.45, 2.75) is 13.0 Å². The highest BCUT2D eigenvalue weighted by atomic mass is 35.5. The highest BCUT2D eigenvalue weighted by Crippen LogP contribution is 2.16. The normalized spacial score (nSPS) is 11.6. The third-order valence-corrected chi connectivity index (χ3v) is 4.12. The topological polar surface area (TPSA) is 86.1 Å². The van der Waals surface area contributed by atoms with E-state index in [9.17, 15) is 9.59 Å². The summed E-state index contributed by atoms with van der Waals surface area (Å²) >= 11 is 5.85. The molecule has 1 N–H and O–H groups in total. The van der Waals surface area contributed by atoms with Crippen LogP contribution in [0.15, 0.2) is 61.2 Å². The van der Waals surface area contributed by atoms with Gasteiger partial charge >= 0.3 is 5.97 Å². The molecule has 1 atom stereocenters. The summed E-state index contributed by atoms with van der Waals surface area (Å²) in [5, 5.41) is 7.41. The van der Waals surface area contributed by atoms with Gasteiger partial charge < -0.3 is 10.1 Å². The molecule has 0 aliphatic rings. The van der Waals surface area contributed by atoms with Crippen molar-refractivity contribution in [2.75, 3.05) is 6.61 Å². The minimum absolute atomic E-state index is 0.226. The second-order valence-electron chi connectivity index (χ2n) is 5.80. The number of ether oxygens (including phenoxy) is 1. The van der Waals surface area contributed by atoms with Crippen LogP contribution in [0.1, 0.15) is 28.9 Å². The average Bonchev–Trinajstić information content (AvgIpc) is 3.21. The van der Waals surface area contributed by atoms with Crippen LogP contribution in [-0.2, 0) is 9.53 Å². The van der Waals surface area contributed by atoms with Gasteiger partial charge in [0.05, 0.1) is 17.3 Å². The summed E-state index contributed by atoms with van der Waals surface area (Å²) in [7, 11) is 0. The Morgan fingerprint density at radius 2 is 1.85 bits per heavy atom. The second-order valence-corrected chi connectivity index (χ2v) is 6.24. The van der Waals surface area contributed by atoms with Gasteiger partial charge in [0.15, 0.2) is 6.61 Å². The van der Waals surface area contributed by atoms with Crippen molar-refractivity contribution >= 4 is 23.5 Å². The summed E-state index contributed by atoms with van der Waals surface area (Å²) in [5.41, 5.74) is 2.01. The van der Waals surface area contributed by atoms with Gasteiger partial charge in [-0.05, 0) is 48.9 Å². The Labute approximate surface area is 160 Å². The minimum Gasteiger partial charge on any atom is -0.452 e. The summed E-state index contributed by atoms with van der Waals surface area (Å²) in [6, 6.07) is 13.6. The molecule has 8 heteroatoms. The Morgan fingerprint density at radius 3 is 2.48 bits per heavy atom. The van der Waals surface area contributed by atoms with Crippen molar-refractivity contribution in [2.24, 2.45) is 0 Å². The van der Waals surface area contributed by atoms with Crippen molar-refractivity contribution in [3.8, 4) is 5.69 Å². The Bertz CT molecular complexity index is 909. The summed E-state index contributed by atoms with van der Waals surface area (Å²) in [6.45, 7) is 1.48. The van der Waals surface area contributed by atoms with Crippen LogP contribution >= 0.6 is 11.6 Å². The summed E-state index contributed by atoms with van der Waals surface area (Å²) in [4.78, 5) is 28.0. The first-order valence-electron chi connectivity index (χ1n) is 8.20. The molecule has 1 heterocycles. The molecular formula is C19H17ClN4O3. The fraction of sp³-hybridized carbons (Fsp3) is 0.158. The van der Waals surface area contributed by atoms with E-state index in [-0.39, 0.29) is 18.6 Å². The molecule has 0 saturated heterocycles. The standard InChI is InChI=1S/C19H17ClN4O3/c1-13(14-2-6-16(20)7-3-14)23-18(25)10-27-19(26)15-4-8-17(9-5-15)24-12-21-11-22-24/h2-9,11-13H,10H2,1H3,(H,23,25)/t13-/m1/s1. The number of esters is 1. The van der Waals surface area contributed by atoms with Gasteiger partial charge in [0.2, 0.25) is 0 Å². The first-order valence-corrected chi connectivity index (χ1v) is 8.58. The molecule has 0 spiro atoms. The predicted molar refractivity (Wildman–Crippen MR) is 99.7 cm³/mol. The molecule has 2 aromatic carbocycles. The van der Waals surface area contributed by atoms with Crippen LogP contribution in [0.25, 0.3) is 5.69 Å². The van der Waals surface area contributed by atoms with Gasteiger partial charge in [0, 0.05) is 5.02 Å². The van der Waals surface area contributed by atoms with Gasteiger partial charge in [0.1, 0.15) is 12.7 Å². The Kier molecular flexibility index (Phi) is 5.83. The van der Waals surface area contributed by atoms with Gasteiger partial charge in [-0.25, -0.2) is 14.5 Å². The largest absolute Gasteiger partial charge is 0.452 e. The van der Waals surface area contributed by atoms with E-state index in [1.54, 1.807) is 47.4 Å². The molecule has 1 amide bonds. The molecular weight excluding hydrogens is 368 g/mol. The van der Waals surface area contributed by atoms with Crippen molar-refractivity contribution in [3.63, 3.8) is 0 Å². The highest BCUT2D eigenvalue weighted by Gasteiger charge is 2.13. The molecule has 0 bridgehead atoms. The summed E-state index contributed by atoms with van der Waals surface area (Å²) in [5.74, 6) is -0.959. The SMILES string of the molecule is C[C@@H](NC(=O)COC(=O)c1ccc(-n2cncn2)cc1)c1ccc(Cl)cc1. The smallest absolute Gasteiger partial charge is 0.338 e. The Morgan fingerprint density at radius 1 is 1.15 bits per heavy atom. The second kappa shape index (κ2) is 8.46. The molecule has 0 aliphatic heterocycles. The van der Waals surface area contributed by atoms with Crippen LogP contribution < -0.4 is 5.32 Å². The van der Waals surface area contributed by atoms with E-state index in [1.165, 1.54) is 6.33 Å². The summed E-state index contributed by atoms with van der Waals surface area (Å²) in [6.07, 6.45) is 2.98. The third-order valence-electron chi connectivity index (χ3n) is 3.87. The number of hydrogen-bond acceptors (Lipinski definition) is 5. The highest BCUT2D eigenvalue weighted by molar-refractivity contribution is 6.30. The molecule has 0 radical (unpaired) electrons. The number of carbonyl (C=O) groups excluding carboxylic acids is 2. The molecule has 0 unspecified atom stereocenters. The number of carbonyl (C=O) groups is 2. The monoisotopic (exact) mass is 384 g/mol. The maximum absolute atomic E-state index is 12.1. The lowest BCUT2D eigenvalue weighted by Crippen LogP contribution is -2.31. The molecule has 0 saturated carbocycles. The van der Waals surface area contributed by atoms with Gasteiger partial charge in [-0.2, -0.15) is 5.10 Å². The van der Waals surface area contributed by atoms with E-state index in [4.69, 9.17) is 16.3 Å². The number of benzene rings is 2. The Balaban J connectivity index is 1.51. The molecule has 0 aliphatic carbocycles. The van der Waals surface area contributed by atoms with E-state index in [2.05, 4.69) is 15.4 Å². The first-order chi connectivity index (χ1) is 13.0. The predicted octanol–water partition coefficient (Wildman–Crippen LogP) is 2.95. The van der Waals surface area contributed by atoms with Crippen LogP contribution in [0.5, 0.6) is 0 Å². The maximum Gasteiger partial charge on any atom is 0.338 e. The van der Waals surface area contributed by atoms with Crippen LogP contribution in [0, 0.1) is 0 Å². The van der Waals surface area contributed by atoms with Crippen LogP contribution in [0.4, 0.5) is 0 Å². The Hall–Kier alpha value is -3.19. The molecule has 7 nitrogen and oxygen atoms in total. The molecule has 1 aromatic heterocycles. The van der Waals surface area contributed by atoms with E-state index in [0.717, 1.165) is 11.3 Å². The number of hydrogen-bond donors (Lipinski definition) is 1. The van der Waals surface area contributed by atoms with Gasteiger partial charge in [-0.15, -0.1) is 0 Å². The number of amides is 1. The van der Waals surface area contributed by atoms with E-state index >= 15 is 0 Å². The molecule has 3 aromatic rings. The van der Waals surface area contributed by atoms with Crippen molar-refractivity contribution in [1.82, 2.24) is 20.1 Å². The molecule has 3 rings (SSSR count). The lowest BCUT2D eigenvalue weighted by Gasteiger charge is -2.14. The van der Waals surface area contributed by atoms with Gasteiger partial charge in [-0.3, -0.25) is 4.79 Å². The molecule has 0 fully saturated rings. The summed E-state index contributed by atoms with van der Waals surface area (Å²) < 4.78 is 6.64. The quantitative estimate of drug-likeness (QED) is 0.660. The van der Waals surface area contributed by atoms with E-state index < -0.39 is 5.97 Å². The zero-order valence-corrected chi connectivity index (χ0v) is 15.3.